The standard InChI is InChI=1S/C25H31N3O5/c1-3-32-25(31)19-10-13-27(14-11-19)23(29)20-5-4-12-28(16-20)24(30)21-15-22(33-26-21)18-8-6-17(2)7-9-18/h6-9,15,19-20H,3-5,10-14,16H2,1-2H3/t20-/m1/s1. The van der Waals surface area contributed by atoms with Crippen molar-refractivity contribution in [2.75, 3.05) is 32.8 Å². The highest BCUT2D eigenvalue weighted by molar-refractivity contribution is 5.93. The van der Waals surface area contributed by atoms with Gasteiger partial charge in [0.1, 0.15) is 0 Å². The summed E-state index contributed by atoms with van der Waals surface area (Å²) in [5.74, 6) is -0.131. The number of carbonyl (C=O) groups excluding carboxylic acids is 3. The molecule has 1 aromatic heterocycles. The number of carbonyl (C=O) groups is 3. The third-order valence-corrected chi connectivity index (χ3v) is 6.55. The molecule has 0 radical (unpaired) electrons. The number of hydrogen-bond donors (Lipinski definition) is 0. The second-order valence-corrected chi connectivity index (χ2v) is 8.88. The first-order valence-corrected chi connectivity index (χ1v) is 11.7. The Morgan fingerprint density at radius 3 is 2.45 bits per heavy atom. The second kappa shape index (κ2) is 10.2. The largest absolute Gasteiger partial charge is 0.466 e. The molecule has 2 aliphatic rings. The van der Waals surface area contributed by atoms with Crippen molar-refractivity contribution in [3.63, 3.8) is 0 Å². The predicted molar refractivity (Wildman–Crippen MR) is 121 cm³/mol. The lowest BCUT2D eigenvalue weighted by Gasteiger charge is -2.37. The average Bonchev–Trinajstić information content (AvgIpc) is 3.34. The molecule has 0 unspecified atom stereocenters. The number of ether oxygens (including phenoxy) is 1. The third kappa shape index (κ3) is 5.26. The molecule has 4 rings (SSSR count). The Bertz CT molecular complexity index is 992. The molecule has 8 heteroatoms. The lowest BCUT2D eigenvalue weighted by molar-refractivity contribution is -0.152. The van der Waals surface area contributed by atoms with Crippen LogP contribution in [0.1, 0.15) is 48.7 Å². The Labute approximate surface area is 193 Å². The fraction of sp³-hybridized carbons (Fsp3) is 0.520. The molecule has 0 bridgehead atoms. The Balaban J connectivity index is 1.35. The van der Waals surface area contributed by atoms with Crippen LogP contribution in [-0.2, 0) is 14.3 Å². The highest BCUT2D eigenvalue weighted by Gasteiger charge is 2.35. The molecule has 2 aliphatic heterocycles. The van der Waals surface area contributed by atoms with E-state index in [9.17, 15) is 14.4 Å². The van der Waals surface area contributed by atoms with Crippen LogP contribution < -0.4 is 0 Å². The van der Waals surface area contributed by atoms with Crippen LogP contribution in [0.2, 0.25) is 0 Å². The topological polar surface area (TPSA) is 93.0 Å². The Hall–Kier alpha value is -3.16. The quantitative estimate of drug-likeness (QED) is 0.645. The van der Waals surface area contributed by atoms with Crippen molar-refractivity contribution < 1.29 is 23.6 Å². The molecule has 33 heavy (non-hydrogen) atoms. The molecule has 8 nitrogen and oxygen atoms in total. The zero-order chi connectivity index (χ0) is 23.4. The minimum Gasteiger partial charge on any atom is -0.466 e. The molecule has 0 aliphatic carbocycles. The minimum atomic E-state index is -0.231. The zero-order valence-electron chi connectivity index (χ0n) is 19.3. The smallest absolute Gasteiger partial charge is 0.309 e. The van der Waals surface area contributed by atoms with E-state index in [1.54, 1.807) is 17.9 Å². The second-order valence-electron chi connectivity index (χ2n) is 8.88. The van der Waals surface area contributed by atoms with Gasteiger partial charge in [-0.1, -0.05) is 35.0 Å². The summed E-state index contributed by atoms with van der Waals surface area (Å²) in [6, 6.07) is 9.50. The molecule has 1 atom stereocenters. The molecule has 0 spiro atoms. The van der Waals surface area contributed by atoms with E-state index >= 15 is 0 Å². The Morgan fingerprint density at radius 2 is 1.76 bits per heavy atom. The average molecular weight is 454 g/mol. The van der Waals surface area contributed by atoms with Gasteiger partial charge in [-0.2, -0.15) is 0 Å². The SMILES string of the molecule is CCOC(=O)C1CCN(C(=O)[C@@H]2CCCN(C(=O)c3cc(-c4ccc(C)cc4)on3)C2)CC1. The van der Waals surface area contributed by atoms with Crippen LogP contribution in [0.15, 0.2) is 34.9 Å². The summed E-state index contributed by atoms with van der Waals surface area (Å²) < 4.78 is 10.5. The van der Waals surface area contributed by atoms with Gasteiger partial charge in [0.2, 0.25) is 5.91 Å². The van der Waals surface area contributed by atoms with Crippen LogP contribution in [-0.4, -0.2) is 65.5 Å². The molecule has 0 saturated carbocycles. The lowest BCUT2D eigenvalue weighted by atomic mass is 9.92. The summed E-state index contributed by atoms with van der Waals surface area (Å²) in [4.78, 5) is 41.7. The van der Waals surface area contributed by atoms with Crippen molar-refractivity contribution >= 4 is 17.8 Å². The number of benzene rings is 1. The van der Waals surface area contributed by atoms with Gasteiger partial charge in [0.25, 0.3) is 5.91 Å². The van der Waals surface area contributed by atoms with E-state index < -0.39 is 0 Å². The van der Waals surface area contributed by atoms with E-state index in [2.05, 4.69) is 5.16 Å². The molecule has 2 amide bonds. The van der Waals surface area contributed by atoms with Crippen molar-refractivity contribution in [3.8, 4) is 11.3 Å². The van der Waals surface area contributed by atoms with Crippen molar-refractivity contribution in [1.29, 1.82) is 0 Å². The summed E-state index contributed by atoms with van der Waals surface area (Å²) in [5.41, 5.74) is 2.27. The van der Waals surface area contributed by atoms with Gasteiger partial charge in [0.05, 0.1) is 18.4 Å². The van der Waals surface area contributed by atoms with Gasteiger partial charge < -0.3 is 19.1 Å². The van der Waals surface area contributed by atoms with E-state index in [0.717, 1.165) is 24.0 Å². The summed E-state index contributed by atoms with van der Waals surface area (Å²) in [7, 11) is 0. The number of esters is 1. The summed E-state index contributed by atoms with van der Waals surface area (Å²) in [6.45, 7) is 6.27. The molecule has 2 saturated heterocycles. The van der Waals surface area contributed by atoms with E-state index in [0.29, 0.717) is 51.4 Å². The van der Waals surface area contributed by atoms with E-state index in [1.165, 1.54) is 0 Å². The third-order valence-electron chi connectivity index (χ3n) is 6.55. The first-order valence-electron chi connectivity index (χ1n) is 11.7. The zero-order valence-corrected chi connectivity index (χ0v) is 19.3. The molecule has 1 aromatic carbocycles. The summed E-state index contributed by atoms with van der Waals surface area (Å²) in [6.07, 6.45) is 2.78. The van der Waals surface area contributed by atoms with E-state index in [1.807, 2.05) is 36.1 Å². The number of nitrogens with zero attached hydrogens (tertiary/aromatic N) is 3. The Morgan fingerprint density at radius 1 is 1.03 bits per heavy atom. The maximum absolute atomic E-state index is 13.1. The lowest BCUT2D eigenvalue weighted by Crippen LogP contribution is -2.49. The van der Waals surface area contributed by atoms with Crippen molar-refractivity contribution in [2.24, 2.45) is 11.8 Å². The van der Waals surface area contributed by atoms with E-state index in [-0.39, 0.29) is 35.3 Å². The minimum absolute atomic E-state index is 0.0651. The number of rotatable bonds is 5. The van der Waals surface area contributed by atoms with Crippen LogP contribution in [0.5, 0.6) is 0 Å². The molecule has 176 valence electrons. The Kier molecular flexibility index (Phi) is 7.11. The molecule has 3 heterocycles. The highest BCUT2D eigenvalue weighted by Crippen LogP contribution is 2.26. The van der Waals surface area contributed by atoms with Gasteiger partial charge in [-0.3, -0.25) is 14.4 Å². The van der Waals surface area contributed by atoms with Gasteiger partial charge in [0.15, 0.2) is 11.5 Å². The van der Waals surface area contributed by atoms with Crippen LogP contribution in [0.3, 0.4) is 0 Å². The number of piperidine rings is 2. The van der Waals surface area contributed by atoms with Gasteiger partial charge in [-0.25, -0.2) is 0 Å². The normalized spacial score (nSPS) is 19.4. The summed E-state index contributed by atoms with van der Waals surface area (Å²) >= 11 is 0. The van der Waals surface area contributed by atoms with Gasteiger partial charge >= 0.3 is 5.97 Å². The van der Waals surface area contributed by atoms with Crippen LogP contribution in [0.4, 0.5) is 0 Å². The summed E-state index contributed by atoms with van der Waals surface area (Å²) in [5, 5.41) is 3.98. The molecular weight excluding hydrogens is 422 g/mol. The van der Waals surface area contributed by atoms with Crippen LogP contribution >= 0.6 is 0 Å². The van der Waals surface area contributed by atoms with E-state index in [4.69, 9.17) is 9.26 Å². The molecule has 0 N–H and O–H groups in total. The van der Waals surface area contributed by atoms with Gasteiger partial charge in [-0.05, 0) is 39.5 Å². The van der Waals surface area contributed by atoms with Gasteiger partial charge in [-0.15, -0.1) is 0 Å². The first-order chi connectivity index (χ1) is 16.0. The number of likely N-dealkylation sites (tertiary alicyclic amines) is 2. The van der Waals surface area contributed by atoms with Gasteiger partial charge in [0, 0.05) is 37.8 Å². The fourth-order valence-electron chi connectivity index (χ4n) is 4.61. The van der Waals surface area contributed by atoms with Crippen molar-refractivity contribution in [3.05, 3.63) is 41.6 Å². The first kappa shape index (κ1) is 23.0. The number of aryl methyl sites for hydroxylation is 1. The monoisotopic (exact) mass is 453 g/mol. The maximum Gasteiger partial charge on any atom is 0.309 e. The molecule has 2 aromatic rings. The van der Waals surface area contributed by atoms with Crippen LogP contribution in [0, 0.1) is 18.8 Å². The molecular formula is C25H31N3O5. The number of amides is 2. The van der Waals surface area contributed by atoms with Crippen LogP contribution in [0.25, 0.3) is 11.3 Å². The molecule has 2 fully saturated rings. The van der Waals surface area contributed by atoms with Crippen molar-refractivity contribution in [2.45, 2.75) is 39.5 Å². The van der Waals surface area contributed by atoms with Crippen molar-refractivity contribution in [1.82, 2.24) is 15.0 Å². The number of hydrogen-bond acceptors (Lipinski definition) is 6. The predicted octanol–water partition coefficient (Wildman–Crippen LogP) is 3.30. The number of aromatic nitrogens is 1. The highest BCUT2D eigenvalue weighted by atomic mass is 16.5. The maximum atomic E-state index is 13.1. The fourth-order valence-corrected chi connectivity index (χ4v) is 4.61.